The zero-order valence-corrected chi connectivity index (χ0v) is 12.8. The topological polar surface area (TPSA) is 53.1 Å². The van der Waals surface area contributed by atoms with Crippen LogP contribution >= 0.6 is 22.6 Å². The third-order valence-electron chi connectivity index (χ3n) is 3.61. The van der Waals surface area contributed by atoms with Crippen molar-refractivity contribution in [3.8, 4) is 0 Å². The Morgan fingerprint density at radius 1 is 1.58 bits per heavy atom. The molecular weight excluding hydrogens is 360 g/mol. The standard InChI is InChI=1S/C13H15FIN3O/c1-13(3-2-4-19-13)7-18-11-5-8(14)9(15)6-10(11)17-12(18)16/h5-6H,2-4,7H2,1H3,(H2,16,17). The van der Waals surface area contributed by atoms with Crippen molar-refractivity contribution in [1.29, 1.82) is 0 Å². The molecule has 1 fully saturated rings. The van der Waals surface area contributed by atoms with Gasteiger partial charge in [0.2, 0.25) is 5.95 Å². The van der Waals surface area contributed by atoms with E-state index in [1.807, 2.05) is 27.2 Å². The zero-order valence-electron chi connectivity index (χ0n) is 10.6. The fraction of sp³-hybridized carbons (Fsp3) is 0.462. The molecule has 2 aromatic rings. The summed E-state index contributed by atoms with van der Waals surface area (Å²) in [5.41, 5.74) is 7.18. The molecule has 2 heterocycles. The van der Waals surface area contributed by atoms with Crippen molar-refractivity contribution < 1.29 is 9.13 Å². The largest absolute Gasteiger partial charge is 0.373 e. The highest BCUT2D eigenvalue weighted by Crippen LogP contribution is 2.30. The number of ether oxygens (including phenoxy) is 1. The third-order valence-corrected chi connectivity index (χ3v) is 4.44. The molecule has 0 aliphatic carbocycles. The van der Waals surface area contributed by atoms with Crippen LogP contribution in [0.25, 0.3) is 11.0 Å². The lowest BCUT2D eigenvalue weighted by Gasteiger charge is -2.24. The van der Waals surface area contributed by atoms with Crippen LogP contribution in [0.4, 0.5) is 10.3 Å². The fourth-order valence-electron chi connectivity index (χ4n) is 2.60. The van der Waals surface area contributed by atoms with E-state index in [1.54, 1.807) is 6.07 Å². The second-order valence-electron chi connectivity index (χ2n) is 5.21. The molecule has 3 rings (SSSR count). The van der Waals surface area contributed by atoms with E-state index in [0.717, 1.165) is 30.5 Å². The summed E-state index contributed by atoms with van der Waals surface area (Å²) in [6.07, 6.45) is 2.04. The summed E-state index contributed by atoms with van der Waals surface area (Å²) in [6.45, 7) is 3.44. The lowest BCUT2D eigenvalue weighted by molar-refractivity contribution is 0.00749. The van der Waals surface area contributed by atoms with E-state index in [-0.39, 0.29) is 11.4 Å². The van der Waals surface area contributed by atoms with Gasteiger partial charge >= 0.3 is 0 Å². The molecule has 1 aromatic carbocycles. The highest BCUT2D eigenvalue weighted by Gasteiger charge is 2.31. The molecule has 102 valence electrons. The number of hydrogen-bond acceptors (Lipinski definition) is 3. The van der Waals surface area contributed by atoms with Gasteiger partial charge < -0.3 is 15.0 Å². The van der Waals surface area contributed by atoms with Gasteiger partial charge in [0.15, 0.2) is 0 Å². The summed E-state index contributed by atoms with van der Waals surface area (Å²) in [5, 5.41) is 0. The number of halogens is 2. The van der Waals surface area contributed by atoms with Gasteiger partial charge in [-0.3, -0.25) is 0 Å². The van der Waals surface area contributed by atoms with Gasteiger partial charge in [-0.25, -0.2) is 9.37 Å². The van der Waals surface area contributed by atoms with Crippen molar-refractivity contribution in [1.82, 2.24) is 9.55 Å². The van der Waals surface area contributed by atoms with Crippen LogP contribution in [0, 0.1) is 9.39 Å². The Bertz CT molecular complexity index is 634. The smallest absolute Gasteiger partial charge is 0.201 e. The van der Waals surface area contributed by atoms with Crippen molar-refractivity contribution in [2.75, 3.05) is 12.3 Å². The predicted molar refractivity (Wildman–Crippen MR) is 80.4 cm³/mol. The van der Waals surface area contributed by atoms with E-state index < -0.39 is 0 Å². The maximum Gasteiger partial charge on any atom is 0.201 e. The molecule has 0 saturated carbocycles. The molecule has 0 spiro atoms. The first kappa shape index (κ1) is 13.1. The molecule has 4 nitrogen and oxygen atoms in total. The molecule has 1 aromatic heterocycles. The van der Waals surface area contributed by atoms with Crippen LogP contribution < -0.4 is 5.73 Å². The van der Waals surface area contributed by atoms with Crippen LogP contribution in [-0.2, 0) is 11.3 Å². The first-order valence-electron chi connectivity index (χ1n) is 6.23. The minimum Gasteiger partial charge on any atom is -0.373 e. The number of nitrogens with two attached hydrogens (primary N) is 1. The minimum atomic E-state index is -0.244. The number of nitrogen functional groups attached to an aromatic ring is 1. The van der Waals surface area contributed by atoms with E-state index in [2.05, 4.69) is 11.9 Å². The van der Waals surface area contributed by atoms with Gasteiger partial charge in [-0.15, -0.1) is 0 Å². The number of anilines is 1. The van der Waals surface area contributed by atoms with Crippen molar-refractivity contribution in [3.05, 3.63) is 21.5 Å². The highest BCUT2D eigenvalue weighted by molar-refractivity contribution is 14.1. The SMILES string of the molecule is CC1(Cn2c(N)nc3cc(I)c(F)cc32)CCCO1. The molecule has 6 heteroatoms. The predicted octanol–water partition coefficient (Wildman–Crippen LogP) is 2.93. The van der Waals surface area contributed by atoms with Gasteiger partial charge in [-0.1, -0.05) is 0 Å². The number of benzene rings is 1. The maximum atomic E-state index is 13.7. The van der Waals surface area contributed by atoms with Crippen LogP contribution in [0.3, 0.4) is 0 Å². The molecule has 1 aliphatic heterocycles. The fourth-order valence-corrected chi connectivity index (χ4v) is 3.05. The summed E-state index contributed by atoms with van der Waals surface area (Å²) in [5.74, 6) is 0.167. The van der Waals surface area contributed by atoms with Crippen LogP contribution in [0.5, 0.6) is 0 Å². The van der Waals surface area contributed by atoms with Gasteiger partial charge in [-0.05, 0) is 48.4 Å². The zero-order chi connectivity index (χ0) is 13.6. The van der Waals surface area contributed by atoms with Crippen molar-refractivity contribution in [2.24, 2.45) is 0 Å². The third kappa shape index (κ3) is 2.31. The monoisotopic (exact) mass is 375 g/mol. The van der Waals surface area contributed by atoms with Gasteiger partial charge in [0.1, 0.15) is 5.82 Å². The summed E-state index contributed by atoms with van der Waals surface area (Å²) in [7, 11) is 0. The van der Waals surface area contributed by atoms with E-state index in [9.17, 15) is 4.39 Å². The number of imidazole rings is 1. The number of nitrogens with zero attached hydrogens (tertiary/aromatic N) is 2. The average Bonchev–Trinajstić information content (AvgIpc) is 2.88. The molecule has 2 N–H and O–H groups in total. The molecule has 0 radical (unpaired) electrons. The molecule has 19 heavy (non-hydrogen) atoms. The normalized spacial score (nSPS) is 23.3. The molecule has 1 atom stereocenters. The minimum absolute atomic E-state index is 0.235. The van der Waals surface area contributed by atoms with Crippen molar-refractivity contribution in [3.63, 3.8) is 0 Å². The Labute approximate surface area is 124 Å². The average molecular weight is 375 g/mol. The van der Waals surface area contributed by atoms with Crippen LogP contribution in [0.1, 0.15) is 19.8 Å². The van der Waals surface area contributed by atoms with Gasteiger partial charge in [0.25, 0.3) is 0 Å². The lowest BCUT2D eigenvalue weighted by Crippen LogP contribution is -2.30. The van der Waals surface area contributed by atoms with Crippen LogP contribution in [0.2, 0.25) is 0 Å². The Morgan fingerprint density at radius 3 is 3.05 bits per heavy atom. The molecular formula is C13H15FIN3O. The Morgan fingerprint density at radius 2 is 2.37 bits per heavy atom. The molecule has 1 saturated heterocycles. The Balaban J connectivity index is 2.07. The number of rotatable bonds is 2. The molecule has 0 bridgehead atoms. The van der Waals surface area contributed by atoms with E-state index in [0.29, 0.717) is 16.1 Å². The van der Waals surface area contributed by atoms with Gasteiger partial charge in [-0.2, -0.15) is 0 Å². The number of fused-ring (bicyclic) bond motifs is 1. The van der Waals surface area contributed by atoms with E-state index >= 15 is 0 Å². The Kier molecular flexibility index (Phi) is 3.17. The van der Waals surface area contributed by atoms with E-state index in [1.165, 1.54) is 6.07 Å². The highest BCUT2D eigenvalue weighted by atomic mass is 127. The first-order valence-corrected chi connectivity index (χ1v) is 7.31. The molecule has 0 amide bonds. The number of hydrogen-bond donors (Lipinski definition) is 1. The second-order valence-corrected chi connectivity index (χ2v) is 6.38. The van der Waals surface area contributed by atoms with E-state index in [4.69, 9.17) is 10.5 Å². The summed E-state index contributed by atoms with van der Waals surface area (Å²) >= 11 is 1.96. The van der Waals surface area contributed by atoms with Gasteiger partial charge in [0.05, 0.1) is 26.7 Å². The summed E-state index contributed by atoms with van der Waals surface area (Å²) in [4.78, 5) is 4.30. The molecule has 1 unspecified atom stereocenters. The Hall–Kier alpha value is -0.890. The van der Waals surface area contributed by atoms with Crippen LogP contribution in [-0.4, -0.2) is 21.8 Å². The maximum absolute atomic E-state index is 13.7. The van der Waals surface area contributed by atoms with Crippen molar-refractivity contribution in [2.45, 2.75) is 31.9 Å². The molecule has 1 aliphatic rings. The lowest BCUT2D eigenvalue weighted by atomic mass is 10.0. The van der Waals surface area contributed by atoms with Crippen LogP contribution in [0.15, 0.2) is 12.1 Å². The summed E-state index contributed by atoms with van der Waals surface area (Å²) < 4.78 is 21.9. The quantitative estimate of drug-likeness (QED) is 0.822. The number of aromatic nitrogens is 2. The summed E-state index contributed by atoms with van der Waals surface area (Å²) in [6, 6.07) is 3.22. The second kappa shape index (κ2) is 4.59. The van der Waals surface area contributed by atoms with Crippen molar-refractivity contribution >= 4 is 39.6 Å². The van der Waals surface area contributed by atoms with Gasteiger partial charge in [0, 0.05) is 12.7 Å². The first-order chi connectivity index (χ1) is 8.98.